The summed E-state index contributed by atoms with van der Waals surface area (Å²) in [4.78, 5) is 12.5. The molecule has 0 bridgehead atoms. The zero-order valence-corrected chi connectivity index (χ0v) is 18.7. The van der Waals surface area contributed by atoms with Gasteiger partial charge in [0.1, 0.15) is 5.69 Å². The van der Waals surface area contributed by atoms with Crippen LogP contribution in [0.5, 0.6) is 17.2 Å². The monoisotopic (exact) mass is 453 g/mol. The van der Waals surface area contributed by atoms with Crippen molar-refractivity contribution in [3.05, 3.63) is 53.0 Å². The van der Waals surface area contributed by atoms with E-state index in [4.69, 9.17) is 14.2 Å². The highest BCUT2D eigenvalue weighted by Gasteiger charge is 2.17. The third-order valence-electron chi connectivity index (χ3n) is 4.87. The fourth-order valence-electron chi connectivity index (χ4n) is 3.24. The van der Waals surface area contributed by atoms with Crippen LogP contribution in [0.15, 0.2) is 47.3 Å². The van der Waals surface area contributed by atoms with Crippen molar-refractivity contribution in [2.75, 3.05) is 27.9 Å². The quantitative estimate of drug-likeness (QED) is 0.402. The lowest BCUT2D eigenvalue weighted by molar-refractivity contribution is 0.0947. The first-order valence-electron chi connectivity index (χ1n) is 9.83. The van der Waals surface area contributed by atoms with Crippen molar-refractivity contribution >= 4 is 17.2 Å². The number of carbonyl (C=O) groups is 1. The summed E-state index contributed by atoms with van der Waals surface area (Å²) < 4.78 is 17.9. The van der Waals surface area contributed by atoms with Crippen molar-refractivity contribution in [2.24, 2.45) is 0 Å². The molecule has 0 aliphatic carbocycles. The molecule has 0 unspecified atom stereocenters. The minimum atomic E-state index is -0.249. The molecule has 0 aliphatic rings. The molecule has 0 spiro atoms. The maximum Gasteiger partial charge on any atom is 0.269 e. The first kappa shape index (κ1) is 21.4. The van der Waals surface area contributed by atoms with Gasteiger partial charge in [-0.2, -0.15) is 21.5 Å². The number of carbonyl (C=O) groups excluding carboxylic acids is 1. The largest absolute Gasteiger partial charge is 0.493 e. The zero-order valence-electron chi connectivity index (χ0n) is 17.9. The van der Waals surface area contributed by atoms with Gasteiger partial charge in [-0.3, -0.25) is 14.6 Å². The molecule has 0 aliphatic heterocycles. The third-order valence-corrected chi connectivity index (χ3v) is 5.55. The Hall–Kier alpha value is -3.79. The van der Waals surface area contributed by atoms with Gasteiger partial charge >= 0.3 is 0 Å². The molecule has 9 nitrogen and oxygen atoms in total. The predicted octanol–water partition coefficient (Wildman–Crippen LogP) is 3.46. The van der Waals surface area contributed by atoms with Crippen LogP contribution < -0.4 is 19.5 Å². The number of hydrogen-bond acceptors (Lipinski definition) is 7. The van der Waals surface area contributed by atoms with Crippen molar-refractivity contribution in [3.63, 3.8) is 0 Å². The number of H-pyrrole nitrogens is 1. The van der Waals surface area contributed by atoms with Gasteiger partial charge in [-0.25, -0.2) is 0 Å². The van der Waals surface area contributed by atoms with Gasteiger partial charge in [0.2, 0.25) is 5.75 Å². The second-order valence-corrected chi connectivity index (χ2v) is 7.59. The summed E-state index contributed by atoms with van der Waals surface area (Å²) in [5.74, 6) is 1.27. The first-order chi connectivity index (χ1) is 15.6. The van der Waals surface area contributed by atoms with Crippen molar-refractivity contribution in [1.82, 2.24) is 25.3 Å². The Balaban J connectivity index is 1.40. The second-order valence-electron chi connectivity index (χ2n) is 6.81. The van der Waals surface area contributed by atoms with Gasteiger partial charge in [-0.15, -0.1) is 0 Å². The Kier molecular flexibility index (Phi) is 6.41. The van der Waals surface area contributed by atoms with E-state index in [2.05, 4.69) is 26.0 Å². The van der Waals surface area contributed by atoms with Gasteiger partial charge in [0, 0.05) is 29.2 Å². The third kappa shape index (κ3) is 4.45. The number of hydrogen-bond donors (Lipinski definition) is 2. The number of amides is 1. The Morgan fingerprint density at radius 2 is 1.84 bits per heavy atom. The number of thiophene rings is 1. The van der Waals surface area contributed by atoms with E-state index in [0.29, 0.717) is 41.7 Å². The Labute approximate surface area is 188 Å². The first-order valence-corrected chi connectivity index (χ1v) is 10.8. The molecule has 1 amide bonds. The van der Waals surface area contributed by atoms with Crippen molar-refractivity contribution in [2.45, 2.75) is 6.54 Å². The van der Waals surface area contributed by atoms with Gasteiger partial charge < -0.3 is 19.5 Å². The summed E-state index contributed by atoms with van der Waals surface area (Å²) in [6.07, 6.45) is 1.90. The molecule has 0 saturated carbocycles. The SMILES string of the molecule is COc1cc(-c2cc(C(=O)NCCn3ccc(-c4ccsc4)n3)[nH]n2)cc(OC)c1OC. The smallest absolute Gasteiger partial charge is 0.269 e. The number of benzene rings is 1. The van der Waals surface area contributed by atoms with Crippen LogP contribution in [0.1, 0.15) is 10.5 Å². The molecule has 10 heteroatoms. The van der Waals surface area contributed by atoms with E-state index in [0.717, 1.165) is 16.8 Å². The van der Waals surface area contributed by atoms with Gasteiger partial charge in [0.25, 0.3) is 5.91 Å². The van der Waals surface area contributed by atoms with Crippen LogP contribution >= 0.6 is 11.3 Å². The van der Waals surface area contributed by atoms with E-state index < -0.39 is 0 Å². The number of aromatic amines is 1. The molecule has 4 rings (SSSR count). The van der Waals surface area contributed by atoms with Crippen molar-refractivity contribution in [1.29, 1.82) is 0 Å². The van der Waals surface area contributed by atoms with Crippen LogP contribution in [0.3, 0.4) is 0 Å². The number of ether oxygens (including phenoxy) is 3. The van der Waals surface area contributed by atoms with Crippen molar-refractivity contribution in [3.8, 4) is 39.8 Å². The van der Waals surface area contributed by atoms with Gasteiger partial charge in [-0.05, 0) is 35.7 Å². The number of nitrogens with one attached hydrogen (secondary N) is 2. The predicted molar refractivity (Wildman–Crippen MR) is 122 cm³/mol. The lowest BCUT2D eigenvalue weighted by atomic mass is 10.1. The summed E-state index contributed by atoms with van der Waals surface area (Å²) >= 11 is 1.63. The Morgan fingerprint density at radius 3 is 2.50 bits per heavy atom. The van der Waals surface area contributed by atoms with Crippen LogP contribution in [0.4, 0.5) is 0 Å². The van der Waals surface area contributed by atoms with Crippen LogP contribution in [-0.2, 0) is 6.54 Å². The fourth-order valence-corrected chi connectivity index (χ4v) is 3.89. The van der Waals surface area contributed by atoms with Crippen molar-refractivity contribution < 1.29 is 19.0 Å². The normalized spacial score (nSPS) is 10.7. The molecule has 0 radical (unpaired) electrons. The summed E-state index contributed by atoms with van der Waals surface area (Å²) in [5.41, 5.74) is 3.68. The molecule has 4 aromatic rings. The zero-order chi connectivity index (χ0) is 22.5. The minimum Gasteiger partial charge on any atom is -0.493 e. The number of rotatable bonds is 9. The molecule has 32 heavy (non-hydrogen) atoms. The lowest BCUT2D eigenvalue weighted by Crippen LogP contribution is -2.27. The van der Waals surface area contributed by atoms with Gasteiger partial charge in [0.15, 0.2) is 11.5 Å². The number of nitrogens with zero attached hydrogens (tertiary/aromatic N) is 3. The van der Waals surface area contributed by atoms with E-state index in [1.54, 1.807) is 50.9 Å². The molecule has 0 atom stereocenters. The average Bonchev–Trinajstić information content (AvgIpc) is 3.59. The molecule has 0 saturated heterocycles. The van der Waals surface area contributed by atoms with Crippen LogP contribution in [-0.4, -0.2) is 53.8 Å². The molecule has 166 valence electrons. The summed E-state index contributed by atoms with van der Waals surface area (Å²) in [7, 11) is 4.64. The summed E-state index contributed by atoms with van der Waals surface area (Å²) in [6.45, 7) is 0.992. The van der Waals surface area contributed by atoms with Crippen LogP contribution in [0.25, 0.3) is 22.5 Å². The Morgan fingerprint density at radius 1 is 1.06 bits per heavy atom. The van der Waals surface area contributed by atoms with Gasteiger partial charge in [0.05, 0.1) is 39.3 Å². The molecule has 1 aromatic carbocycles. The number of aromatic nitrogens is 4. The van der Waals surface area contributed by atoms with Crippen LogP contribution in [0.2, 0.25) is 0 Å². The molecule has 3 heterocycles. The molecule has 3 aromatic heterocycles. The van der Waals surface area contributed by atoms with E-state index in [9.17, 15) is 4.79 Å². The molecular weight excluding hydrogens is 430 g/mol. The van der Waals surface area contributed by atoms with Crippen LogP contribution in [0, 0.1) is 0 Å². The molecular formula is C22H23N5O4S. The summed E-state index contributed by atoms with van der Waals surface area (Å²) in [5, 5.41) is 18.5. The van der Waals surface area contributed by atoms with E-state index in [1.165, 1.54) is 0 Å². The lowest BCUT2D eigenvalue weighted by Gasteiger charge is -2.13. The highest BCUT2D eigenvalue weighted by Crippen LogP contribution is 2.40. The average molecular weight is 454 g/mol. The maximum absolute atomic E-state index is 12.5. The second kappa shape index (κ2) is 9.56. The highest BCUT2D eigenvalue weighted by molar-refractivity contribution is 7.08. The highest BCUT2D eigenvalue weighted by atomic mass is 32.1. The maximum atomic E-state index is 12.5. The summed E-state index contributed by atoms with van der Waals surface area (Å²) in [6, 6.07) is 9.23. The standard InChI is InChI=1S/C22H23N5O4S/c1-29-19-10-15(11-20(30-2)21(19)31-3)17-12-18(25-24-17)22(28)23-6-8-27-7-4-16(26-27)14-5-9-32-13-14/h4-5,7,9-13H,6,8H2,1-3H3,(H,23,28)(H,24,25). The van der Waals surface area contributed by atoms with E-state index in [-0.39, 0.29) is 5.91 Å². The number of methoxy groups -OCH3 is 3. The molecule has 2 N–H and O–H groups in total. The van der Waals surface area contributed by atoms with Gasteiger partial charge in [-0.1, -0.05) is 0 Å². The molecule has 0 fully saturated rings. The van der Waals surface area contributed by atoms with E-state index in [1.807, 2.05) is 28.4 Å². The minimum absolute atomic E-state index is 0.249. The fraction of sp³-hybridized carbons (Fsp3) is 0.227. The van der Waals surface area contributed by atoms with E-state index >= 15 is 0 Å². The Bertz CT molecular complexity index is 1170. The topological polar surface area (TPSA) is 103 Å².